The Balaban J connectivity index is 2.23. The molecular formula is C13H14Br2N2OS. The van der Waals surface area contributed by atoms with Crippen LogP contribution in [0.15, 0.2) is 19.7 Å². The van der Waals surface area contributed by atoms with Crippen LogP contribution in [-0.2, 0) is 19.4 Å². The molecule has 0 spiro atoms. The van der Waals surface area contributed by atoms with Gasteiger partial charge in [-0.05, 0) is 57.3 Å². The Morgan fingerprint density at radius 3 is 2.63 bits per heavy atom. The average Bonchev–Trinajstić information content (AvgIpc) is 2.92. The number of aryl methyl sites for hydroxylation is 2. The van der Waals surface area contributed by atoms with Crippen LogP contribution in [0.4, 0.5) is 0 Å². The van der Waals surface area contributed by atoms with Crippen LogP contribution in [0.2, 0.25) is 0 Å². The summed E-state index contributed by atoms with van der Waals surface area (Å²) in [6, 6.07) is 3.89. The highest BCUT2D eigenvalue weighted by atomic mass is 79.9. The number of Topliss-reactive ketones (excluding diaryl/α,β-unsaturated/α-hetero) is 1. The van der Waals surface area contributed by atoms with Gasteiger partial charge in [-0.3, -0.25) is 9.48 Å². The van der Waals surface area contributed by atoms with Gasteiger partial charge in [-0.15, -0.1) is 11.3 Å². The summed E-state index contributed by atoms with van der Waals surface area (Å²) in [5, 5.41) is 4.47. The zero-order chi connectivity index (χ0) is 14.0. The van der Waals surface area contributed by atoms with Gasteiger partial charge in [0.25, 0.3) is 0 Å². The SMILES string of the molecule is CCc1cc(CC(=O)c2cc(Br)sc2Br)n(CC)n1. The molecule has 0 radical (unpaired) electrons. The minimum Gasteiger partial charge on any atom is -0.294 e. The van der Waals surface area contributed by atoms with E-state index in [4.69, 9.17) is 0 Å². The van der Waals surface area contributed by atoms with E-state index in [1.54, 1.807) is 0 Å². The Labute approximate surface area is 133 Å². The second-order valence-corrected chi connectivity index (χ2v) is 7.88. The second-order valence-electron chi connectivity index (χ2n) is 4.13. The molecule has 2 aromatic rings. The number of nitrogens with zero attached hydrogens (tertiary/aromatic N) is 2. The Bertz CT molecular complexity index is 604. The van der Waals surface area contributed by atoms with E-state index in [2.05, 4.69) is 43.9 Å². The molecule has 3 nitrogen and oxygen atoms in total. The van der Waals surface area contributed by atoms with Gasteiger partial charge in [0, 0.05) is 17.8 Å². The van der Waals surface area contributed by atoms with Crippen LogP contribution >= 0.6 is 43.2 Å². The first-order chi connectivity index (χ1) is 9.05. The molecule has 2 rings (SSSR count). The largest absolute Gasteiger partial charge is 0.294 e. The molecule has 0 aliphatic heterocycles. The van der Waals surface area contributed by atoms with Crippen LogP contribution < -0.4 is 0 Å². The number of aromatic nitrogens is 2. The first-order valence-corrected chi connectivity index (χ1v) is 8.49. The normalized spacial score (nSPS) is 10.9. The van der Waals surface area contributed by atoms with Crippen LogP contribution in [0.5, 0.6) is 0 Å². The number of carbonyl (C=O) groups is 1. The van der Waals surface area contributed by atoms with Gasteiger partial charge in [0.05, 0.1) is 19.7 Å². The van der Waals surface area contributed by atoms with Crippen molar-refractivity contribution in [3.63, 3.8) is 0 Å². The highest BCUT2D eigenvalue weighted by Gasteiger charge is 2.16. The van der Waals surface area contributed by atoms with E-state index in [1.165, 1.54) is 11.3 Å². The first-order valence-electron chi connectivity index (χ1n) is 6.08. The maximum absolute atomic E-state index is 12.3. The Morgan fingerprint density at radius 2 is 2.11 bits per heavy atom. The van der Waals surface area contributed by atoms with Gasteiger partial charge >= 0.3 is 0 Å². The summed E-state index contributed by atoms with van der Waals surface area (Å²) in [6.07, 6.45) is 1.28. The summed E-state index contributed by atoms with van der Waals surface area (Å²) >= 11 is 8.35. The lowest BCUT2D eigenvalue weighted by Crippen LogP contribution is -2.09. The van der Waals surface area contributed by atoms with Crippen molar-refractivity contribution in [1.29, 1.82) is 0 Å². The average molecular weight is 406 g/mol. The Hall–Kier alpha value is -0.460. The van der Waals surface area contributed by atoms with E-state index < -0.39 is 0 Å². The van der Waals surface area contributed by atoms with E-state index >= 15 is 0 Å². The summed E-state index contributed by atoms with van der Waals surface area (Å²) in [7, 11) is 0. The van der Waals surface area contributed by atoms with Crippen LogP contribution in [0.3, 0.4) is 0 Å². The monoisotopic (exact) mass is 404 g/mol. The quantitative estimate of drug-likeness (QED) is 0.687. The zero-order valence-electron chi connectivity index (χ0n) is 10.7. The zero-order valence-corrected chi connectivity index (χ0v) is 14.7. The summed E-state index contributed by atoms with van der Waals surface area (Å²) in [5.74, 6) is 0.117. The molecule has 0 atom stereocenters. The minimum absolute atomic E-state index is 0.117. The van der Waals surface area contributed by atoms with Gasteiger partial charge < -0.3 is 0 Å². The molecule has 0 saturated heterocycles. The fourth-order valence-electron chi connectivity index (χ4n) is 1.89. The summed E-state index contributed by atoms with van der Waals surface area (Å²) in [5.41, 5.74) is 2.76. The van der Waals surface area contributed by atoms with Gasteiger partial charge in [-0.1, -0.05) is 6.92 Å². The molecule has 0 unspecified atom stereocenters. The fraction of sp³-hybridized carbons (Fsp3) is 0.385. The summed E-state index contributed by atoms with van der Waals surface area (Å²) in [6.45, 7) is 4.90. The van der Waals surface area contributed by atoms with Crippen molar-refractivity contribution in [1.82, 2.24) is 9.78 Å². The van der Waals surface area contributed by atoms with Gasteiger partial charge in [0.15, 0.2) is 5.78 Å². The van der Waals surface area contributed by atoms with Crippen molar-refractivity contribution < 1.29 is 4.79 Å². The molecule has 0 aliphatic carbocycles. The minimum atomic E-state index is 0.117. The molecule has 2 heterocycles. The second kappa shape index (κ2) is 6.33. The van der Waals surface area contributed by atoms with Gasteiger partial charge in [-0.25, -0.2) is 0 Å². The molecule has 2 aromatic heterocycles. The number of halogens is 2. The van der Waals surface area contributed by atoms with Crippen LogP contribution in [0.1, 0.15) is 35.6 Å². The highest BCUT2D eigenvalue weighted by Crippen LogP contribution is 2.32. The maximum Gasteiger partial charge on any atom is 0.170 e. The number of hydrogen-bond acceptors (Lipinski definition) is 3. The van der Waals surface area contributed by atoms with Crippen LogP contribution in [0, 0.1) is 0 Å². The molecule has 0 bridgehead atoms. The van der Waals surface area contributed by atoms with E-state index in [9.17, 15) is 4.79 Å². The smallest absolute Gasteiger partial charge is 0.170 e. The number of rotatable bonds is 5. The van der Waals surface area contributed by atoms with E-state index in [0.717, 1.165) is 37.5 Å². The fourth-order valence-corrected chi connectivity index (χ4v) is 4.75. The Morgan fingerprint density at radius 1 is 1.37 bits per heavy atom. The van der Waals surface area contributed by atoms with Crippen molar-refractivity contribution in [2.75, 3.05) is 0 Å². The van der Waals surface area contributed by atoms with Gasteiger partial charge in [0.2, 0.25) is 0 Å². The summed E-state index contributed by atoms with van der Waals surface area (Å²) < 4.78 is 3.75. The third-order valence-electron chi connectivity index (χ3n) is 2.87. The molecular weight excluding hydrogens is 392 g/mol. The first kappa shape index (κ1) is 14.9. The van der Waals surface area contributed by atoms with Crippen LogP contribution in [0.25, 0.3) is 0 Å². The van der Waals surface area contributed by atoms with E-state index in [-0.39, 0.29) is 5.78 Å². The molecule has 0 N–H and O–H groups in total. The van der Waals surface area contributed by atoms with Crippen molar-refractivity contribution in [3.05, 3.63) is 36.7 Å². The van der Waals surface area contributed by atoms with E-state index in [1.807, 2.05) is 23.7 Å². The number of thiophene rings is 1. The number of carbonyl (C=O) groups excluding carboxylic acids is 1. The number of ketones is 1. The van der Waals surface area contributed by atoms with Gasteiger partial charge in [-0.2, -0.15) is 5.10 Å². The molecule has 102 valence electrons. The molecule has 0 aromatic carbocycles. The van der Waals surface area contributed by atoms with Crippen molar-refractivity contribution in [3.8, 4) is 0 Å². The molecule has 0 fully saturated rings. The predicted molar refractivity (Wildman–Crippen MR) is 85.0 cm³/mol. The molecule has 0 saturated carbocycles. The van der Waals surface area contributed by atoms with Crippen LogP contribution in [-0.4, -0.2) is 15.6 Å². The lowest BCUT2D eigenvalue weighted by atomic mass is 10.1. The predicted octanol–water partition coefficient (Wildman–Crippen LogP) is 4.48. The lowest BCUT2D eigenvalue weighted by molar-refractivity contribution is 0.0990. The van der Waals surface area contributed by atoms with Crippen molar-refractivity contribution in [2.24, 2.45) is 0 Å². The summed E-state index contributed by atoms with van der Waals surface area (Å²) in [4.78, 5) is 12.3. The van der Waals surface area contributed by atoms with Crippen molar-refractivity contribution in [2.45, 2.75) is 33.2 Å². The molecule has 19 heavy (non-hydrogen) atoms. The molecule has 0 aliphatic rings. The van der Waals surface area contributed by atoms with E-state index in [0.29, 0.717) is 6.42 Å². The van der Waals surface area contributed by atoms with Crippen molar-refractivity contribution >= 4 is 49.0 Å². The molecule has 0 amide bonds. The maximum atomic E-state index is 12.3. The standard InChI is InChI=1S/C13H14Br2N2OS/c1-3-8-5-9(17(4-2)16-8)6-11(18)10-7-12(14)19-13(10)15/h5,7H,3-4,6H2,1-2H3. The topological polar surface area (TPSA) is 34.9 Å². The third-order valence-corrected chi connectivity index (χ3v) is 5.21. The lowest BCUT2D eigenvalue weighted by Gasteiger charge is -2.03. The van der Waals surface area contributed by atoms with Gasteiger partial charge in [0.1, 0.15) is 0 Å². The molecule has 6 heteroatoms. The Kier molecular flexibility index (Phi) is 4.97. The number of hydrogen-bond donors (Lipinski definition) is 0. The highest BCUT2D eigenvalue weighted by molar-refractivity contribution is 9.12. The third kappa shape index (κ3) is 3.35.